The van der Waals surface area contributed by atoms with Crippen molar-refractivity contribution >= 4 is 11.3 Å². The van der Waals surface area contributed by atoms with Crippen molar-refractivity contribution in [1.29, 1.82) is 0 Å². The third-order valence-corrected chi connectivity index (χ3v) is 4.50. The van der Waals surface area contributed by atoms with Gasteiger partial charge in [0.05, 0.1) is 10.7 Å². The van der Waals surface area contributed by atoms with E-state index in [1.54, 1.807) is 11.3 Å². The van der Waals surface area contributed by atoms with E-state index in [1.165, 1.54) is 23.2 Å². The first-order valence-corrected chi connectivity index (χ1v) is 7.35. The summed E-state index contributed by atoms with van der Waals surface area (Å²) in [6.07, 6.45) is 1.21. The molecular formula is C15H18N2S. The Labute approximate surface area is 112 Å². The van der Waals surface area contributed by atoms with Crippen molar-refractivity contribution in [3.05, 3.63) is 51.5 Å². The predicted octanol–water partition coefficient (Wildman–Crippen LogP) is 3.44. The molecule has 1 aromatic carbocycles. The first kappa shape index (κ1) is 11.9. The Hall–Kier alpha value is -1.19. The van der Waals surface area contributed by atoms with Crippen molar-refractivity contribution in [2.45, 2.75) is 32.2 Å². The van der Waals surface area contributed by atoms with Crippen LogP contribution in [0.4, 0.5) is 0 Å². The number of hydrogen-bond donors (Lipinski definition) is 1. The predicted molar refractivity (Wildman–Crippen MR) is 76.2 cm³/mol. The second kappa shape index (κ2) is 4.82. The van der Waals surface area contributed by atoms with Gasteiger partial charge in [-0.1, -0.05) is 24.3 Å². The normalized spacial score (nSPS) is 19.1. The van der Waals surface area contributed by atoms with Crippen LogP contribution in [0.5, 0.6) is 0 Å². The third kappa shape index (κ3) is 2.20. The zero-order valence-electron chi connectivity index (χ0n) is 10.8. The van der Waals surface area contributed by atoms with Gasteiger partial charge in [0.25, 0.3) is 0 Å². The summed E-state index contributed by atoms with van der Waals surface area (Å²) in [7, 11) is 0. The molecule has 0 saturated carbocycles. The summed E-state index contributed by atoms with van der Waals surface area (Å²) in [5, 5.41) is 6.90. The molecule has 1 aromatic heterocycles. The van der Waals surface area contributed by atoms with Gasteiger partial charge in [-0.15, -0.1) is 11.3 Å². The minimum absolute atomic E-state index is 0.350. The lowest BCUT2D eigenvalue weighted by molar-refractivity contribution is 0.484. The van der Waals surface area contributed by atoms with Crippen molar-refractivity contribution in [3.63, 3.8) is 0 Å². The van der Waals surface area contributed by atoms with E-state index in [2.05, 4.69) is 53.8 Å². The van der Waals surface area contributed by atoms with Gasteiger partial charge < -0.3 is 5.32 Å². The average molecular weight is 258 g/mol. The number of rotatable bonds is 4. The topological polar surface area (TPSA) is 24.9 Å². The highest BCUT2D eigenvalue weighted by molar-refractivity contribution is 7.09. The number of fused-ring (bicyclic) bond motifs is 1. The standard InChI is InChI=1S/C15H18N2S/c1-10(15-9-18-11(2)17-15)16-8-13-7-12-5-3-4-6-14(12)13/h3-6,9-10,13,16H,7-8H2,1-2H3. The Morgan fingerprint density at radius 2 is 2.28 bits per heavy atom. The molecular weight excluding hydrogens is 240 g/mol. The summed E-state index contributed by atoms with van der Waals surface area (Å²) in [5.41, 5.74) is 4.21. The van der Waals surface area contributed by atoms with E-state index in [1.807, 2.05) is 0 Å². The van der Waals surface area contributed by atoms with Crippen LogP contribution in [0.15, 0.2) is 29.6 Å². The van der Waals surface area contributed by atoms with Gasteiger partial charge >= 0.3 is 0 Å². The molecule has 18 heavy (non-hydrogen) atoms. The number of aryl methyl sites for hydroxylation is 1. The average Bonchev–Trinajstić information content (AvgIpc) is 2.77. The lowest BCUT2D eigenvalue weighted by Crippen LogP contribution is -2.30. The molecule has 2 unspecified atom stereocenters. The van der Waals surface area contributed by atoms with Crippen LogP contribution in [0.25, 0.3) is 0 Å². The summed E-state index contributed by atoms with van der Waals surface area (Å²) >= 11 is 1.72. The van der Waals surface area contributed by atoms with Crippen LogP contribution in [0.1, 0.15) is 40.7 Å². The Morgan fingerprint density at radius 3 is 3.00 bits per heavy atom. The lowest BCUT2D eigenvalue weighted by atomic mass is 9.77. The fourth-order valence-electron chi connectivity index (χ4n) is 2.55. The molecule has 0 aliphatic heterocycles. The first-order chi connectivity index (χ1) is 8.74. The van der Waals surface area contributed by atoms with Crippen LogP contribution < -0.4 is 5.32 Å². The second-order valence-electron chi connectivity index (χ2n) is 5.02. The van der Waals surface area contributed by atoms with E-state index >= 15 is 0 Å². The fraction of sp³-hybridized carbons (Fsp3) is 0.400. The molecule has 0 amide bonds. The minimum atomic E-state index is 0.350. The zero-order valence-corrected chi connectivity index (χ0v) is 11.6. The van der Waals surface area contributed by atoms with Crippen LogP contribution in [0.3, 0.4) is 0 Å². The van der Waals surface area contributed by atoms with Crippen molar-refractivity contribution < 1.29 is 0 Å². The van der Waals surface area contributed by atoms with Gasteiger partial charge in [-0.25, -0.2) is 4.98 Å². The van der Waals surface area contributed by atoms with E-state index in [4.69, 9.17) is 0 Å². The number of benzene rings is 1. The van der Waals surface area contributed by atoms with Gasteiger partial charge in [-0.2, -0.15) is 0 Å². The van der Waals surface area contributed by atoms with Gasteiger partial charge in [0.15, 0.2) is 0 Å². The Balaban J connectivity index is 1.57. The van der Waals surface area contributed by atoms with Gasteiger partial charge in [-0.3, -0.25) is 0 Å². The summed E-state index contributed by atoms with van der Waals surface area (Å²) in [4.78, 5) is 4.53. The molecule has 1 aliphatic rings. The highest BCUT2D eigenvalue weighted by atomic mass is 32.1. The molecule has 94 valence electrons. The SMILES string of the molecule is Cc1nc(C(C)NCC2Cc3ccccc32)cs1. The molecule has 1 N–H and O–H groups in total. The maximum atomic E-state index is 4.53. The third-order valence-electron chi connectivity index (χ3n) is 3.71. The van der Waals surface area contributed by atoms with E-state index in [0.29, 0.717) is 12.0 Å². The highest BCUT2D eigenvalue weighted by Crippen LogP contribution is 2.34. The maximum absolute atomic E-state index is 4.53. The highest BCUT2D eigenvalue weighted by Gasteiger charge is 2.25. The molecule has 0 fully saturated rings. The second-order valence-corrected chi connectivity index (χ2v) is 6.08. The van der Waals surface area contributed by atoms with Crippen LogP contribution in [-0.4, -0.2) is 11.5 Å². The molecule has 3 heteroatoms. The molecule has 2 nitrogen and oxygen atoms in total. The van der Waals surface area contributed by atoms with Crippen LogP contribution in [0, 0.1) is 6.92 Å². The van der Waals surface area contributed by atoms with Crippen LogP contribution >= 0.6 is 11.3 Å². The monoisotopic (exact) mass is 258 g/mol. The van der Waals surface area contributed by atoms with Gasteiger partial charge in [0.1, 0.15) is 0 Å². The molecule has 2 atom stereocenters. The molecule has 0 bridgehead atoms. The number of hydrogen-bond acceptors (Lipinski definition) is 3. The van der Waals surface area contributed by atoms with Crippen LogP contribution in [0.2, 0.25) is 0 Å². The Morgan fingerprint density at radius 1 is 1.44 bits per heavy atom. The maximum Gasteiger partial charge on any atom is 0.0898 e. The molecule has 1 aliphatic carbocycles. The largest absolute Gasteiger partial charge is 0.308 e. The van der Waals surface area contributed by atoms with E-state index in [9.17, 15) is 0 Å². The molecule has 3 rings (SSSR count). The van der Waals surface area contributed by atoms with Gasteiger partial charge in [0.2, 0.25) is 0 Å². The van der Waals surface area contributed by atoms with Gasteiger partial charge in [0, 0.05) is 23.9 Å². The number of nitrogens with one attached hydrogen (secondary N) is 1. The van der Waals surface area contributed by atoms with E-state index in [0.717, 1.165) is 11.6 Å². The number of nitrogens with zero attached hydrogens (tertiary/aromatic N) is 1. The van der Waals surface area contributed by atoms with Gasteiger partial charge in [-0.05, 0) is 31.4 Å². The number of aromatic nitrogens is 1. The molecule has 0 radical (unpaired) electrons. The van der Waals surface area contributed by atoms with Crippen molar-refractivity contribution in [1.82, 2.24) is 10.3 Å². The minimum Gasteiger partial charge on any atom is -0.308 e. The zero-order chi connectivity index (χ0) is 12.5. The summed E-state index contributed by atoms with van der Waals surface area (Å²) in [6.45, 7) is 5.30. The number of thiazole rings is 1. The summed E-state index contributed by atoms with van der Waals surface area (Å²) in [6, 6.07) is 9.10. The summed E-state index contributed by atoms with van der Waals surface area (Å²) < 4.78 is 0. The lowest BCUT2D eigenvalue weighted by Gasteiger charge is -2.31. The fourth-order valence-corrected chi connectivity index (χ4v) is 3.25. The molecule has 0 spiro atoms. The molecule has 1 heterocycles. The quantitative estimate of drug-likeness (QED) is 0.908. The van der Waals surface area contributed by atoms with E-state index < -0.39 is 0 Å². The first-order valence-electron chi connectivity index (χ1n) is 6.47. The van der Waals surface area contributed by atoms with E-state index in [-0.39, 0.29) is 0 Å². The Kier molecular flexibility index (Phi) is 3.18. The molecule has 0 saturated heterocycles. The van der Waals surface area contributed by atoms with Crippen molar-refractivity contribution in [3.8, 4) is 0 Å². The summed E-state index contributed by atoms with van der Waals surface area (Å²) in [5.74, 6) is 0.684. The molecule has 2 aromatic rings. The van der Waals surface area contributed by atoms with Crippen molar-refractivity contribution in [2.24, 2.45) is 0 Å². The van der Waals surface area contributed by atoms with Crippen LogP contribution in [-0.2, 0) is 6.42 Å². The Bertz CT molecular complexity index is 547. The smallest absolute Gasteiger partial charge is 0.0898 e. The van der Waals surface area contributed by atoms with Crippen molar-refractivity contribution in [2.75, 3.05) is 6.54 Å².